The fourth-order valence-corrected chi connectivity index (χ4v) is 2.72. The number of carbonyl (C=O) groups is 2. The Morgan fingerprint density at radius 1 is 1.26 bits per heavy atom. The van der Waals surface area contributed by atoms with Gasteiger partial charge < -0.3 is 9.84 Å². The number of fused-ring (bicyclic) bond motifs is 1. The molecule has 3 rings (SSSR count). The lowest BCUT2D eigenvalue weighted by atomic mass is 9.98. The standard InChI is InChI=1S/C18H15NO4/c1-10-16(18(22)23-2)17(21)14(19-10)9-13-12-6-4-3-5-11(12)7-8-15(13)20/h3-9,16,20H,1-2H3. The SMILES string of the molecule is COC(=O)C1C(=O)C(=Cc2c(O)ccc3ccccc23)N=C1C. The molecule has 0 radical (unpaired) electrons. The van der Waals surface area contributed by atoms with Gasteiger partial charge in [0.15, 0.2) is 5.92 Å². The minimum absolute atomic E-state index is 0.0540. The number of methoxy groups -OCH3 is 1. The van der Waals surface area contributed by atoms with Gasteiger partial charge in [-0.3, -0.25) is 14.6 Å². The van der Waals surface area contributed by atoms with Gasteiger partial charge in [0.2, 0.25) is 5.78 Å². The van der Waals surface area contributed by atoms with Gasteiger partial charge in [-0.2, -0.15) is 0 Å². The van der Waals surface area contributed by atoms with E-state index in [0.717, 1.165) is 10.8 Å². The van der Waals surface area contributed by atoms with Crippen molar-refractivity contribution in [2.75, 3.05) is 7.11 Å². The Hall–Kier alpha value is -2.95. The molecule has 2 aromatic rings. The summed E-state index contributed by atoms with van der Waals surface area (Å²) in [6.07, 6.45) is 1.52. The highest BCUT2D eigenvalue weighted by molar-refractivity contribution is 6.29. The number of rotatable bonds is 2. The van der Waals surface area contributed by atoms with Gasteiger partial charge >= 0.3 is 5.97 Å². The first-order valence-corrected chi connectivity index (χ1v) is 7.12. The third kappa shape index (κ3) is 2.50. The zero-order valence-corrected chi connectivity index (χ0v) is 12.7. The number of phenols is 1. The summed E-state index contributed by atoms with van der Waals surface area (Å²) in [5.41, 5.74) is 1.05. The van der Waals surface area contributed by atoms with Crippen LogP contribution in [-0.2, 0) is 14.3 Å². The lowest BCUT2D eigenvalue weighted by molar-refractivity contribution is -0.145. The summed E-state index contributed by atoms with van der Waals surface area (Å²) in [4.78, 5) is 28.3. The van der Waals surface area contributed by atoms with Gasteiger partial charge in [0, 0.05) is 11.3 Å². The first kappa shape index (κ1) is 15.0. The van der Waals surface area contributed by atoms with E-state index in [1.165, 1.54) is 13.2 Å². The van der Waals surface area contributed by atoms with E-state index in [0.29, 0.717) is 11.3 Å². The first-order valence-electron chi connectivity index (χ1n) is 7.12. The van der Waals surface area contributed by atoms with E-state index in [9.17, 15) is 14.7 Å². The topological polar surface area (TPSA) is 76.0 Å². The van der Waals surface area contributed by atoms with E-state index in [2.05, 4.69) is 9.73 Å². The highest BCUT2D eigenvalue weighted by Gasteiger charge is 2.37. The Balaban J connectivity index is 2.12. The maximum absolute atomic E-state index is 12.4. The third-order valence-corrected chi connectivity index (χ3v) is 3.89. The third-order valence-electron chi connectivity index (χ3n) is 3.89. The van der Waals surface area contributed by atoms with Crippen molar-refractivity contribution in [1.82, 2.24) is 0 Å². The second-order valence-electron chi connectivity index (χ2n) is 5.32. The van der Waals surface area contributed by atoms with E-state index in [-0.39, 0.29) is 11.4 Å². The van der Waals surface area contributed by atoms with Crippen LogP contribution in [0.2, 0.25) is 0 Å². The molecule has 0 amide bonds. The molecule has 1 heterocycles. The monoisotopic (exact) mass is 309 g/mol. The van der Waals surface area contributed by atoms with Crippen molar-refractivity contribution in [3.8, 4) is 5.75 Å². The van der Waals surface area contributed by atoms with Crippen molar-refractivity contribution < 1.29 is 19.4 Å². The summed E-state index contributed by atoms with van der Waals surface area (Å²) in [6, 6.07) is 10.9. The van der Waals surface area contributed by atoms with Gasteiger partial charge in [0.1, 0.15) is 11.4 Å². The lowest BCUT2D eigenvalue weighted by Crippen LogP contribution is -2.27. The zero-order chi connectivity index (χ0) is 16.6. The largest absolute Gasteiger partial charge is 0.507 e. The quantitative estimate of drug-likeness (QED) is 0.526. The predicted octanol–water partition coefficient (Wildman–Crippen LogP) is 2.72. The minimum Gasteiger partial charge on any atom is -0.507 e. The molecule has 0 saturated carbocycles. The molecular formula is C18H15NO4. The summed E-state index contributed by atoms with van der Waals surface area (Å²) in [5, 5.41) is 11.9. The van der Waals surface area contributed by atoms with Crippen molar-refractivity contribution in [2.45, 2.75) is 6.92 Å². The van der Waals surface area contributed by atoms with Crippen molar-refractivity contribution in [3.05, 3.63) is 47.7 Å². The smallest absolute Gasteiger partial charge is 0.322 e. The molecule has 0 spiro atoms. The van der Waals surface area contributed by atoms with Crippen molar-refractivity contribution in [3.63, 3.8) is 0 Å². The molecule has 5 heteroatoms. The number of nitrogens with zero attached hydrogens (tertiary/aromatic N) is 1. The second-order valence-corrected chi connectivity index (χ2v) is 5.32. The average molecular weight is 309 g/mol. The summed E-state index contributed by atoms with van der Waals surface area (Å²) < 4.78 is 4.65. The number of Topliss-reactive ketones (excluding diaryl/α,β-unsaturated/α-hetero) is 1. The number of hydrogen-bond acceptors (Lipinski definition) is 5. The lowest BCUT2D eigenvalue weighted by Gasteiger charge is -2.07. The normalized spacial score (nSPS) is 19.2. The molecule has 1 N–H and O–H groups in total. The highest BCUT2D eigenvalue weighted by atomic mass is 16.5. The predicted molar refractivity (Wildman–Crippen MR) is 87.2 cm³/mol. The molecule has 1 atom stereocenters. The summed E-state index contributed by atoms with van der Waals surface area (Å²) >= 11 is 0. The Labute approximate surface area is 132 Å². The number of hydrogen-bond donors (Lipinski definition) is 1. The van der Waals surface area contributed by atoms with Gasteiger partial charge in [-0.15, -0.1) is 0 Å². The number of allylic oxidation sites excluding steroid dienone is 1. The summed E-state index contributed by atoms with van der Waals surface area (Å²) in [7, 11) is 1.24. The molecule has 0 aliphatic carbocycles. The van der Waals surface area contributed by atoms with E-state index in [1.54, 1.807) is 19.1 Å². The van der Waals surface area contributed by atoms with Crippen molar-refractivity contribution in [2.24, 2.45) is 10.9 Å². The van der Waals surface area contributed by atoms with Crippen LogP contribution in [0.3, 0.4) is 0 Å². The molecule has 5 nitrogen and oxygen atoms in total. The molecule has 1 unspecified atom stereocenters. The van der Waals surface area contributed by atoms with Crippen LogP contribution >= 0.6 is 0 Å². The molecular weight excluding hydrogens is 294 g/mol. The van der Waals surface area contributed by atoms with Crippen LogP contribution in [0.5, 0.6) is 5.75 Å². The fourth-order valence-electron chi connectivity index (χ4n) is 2.72. The molecule has 0 saturated heterocycles. The first-order chi connectivity index (χ1) is 11.0. The van der Waals surface area contributed by atoms with E-state index < -0.39 is 17.7 Å². The van der Waals surface area contributed by atoms with Crippen molar-refractivity contribution in [1.29, 1.82) is 0 Å². The van der Waals surface area contributed by atoms with Crippen LogP contribution < -0.4 is 0 Å². The Morgan fingerprint density at radius 3 is 2.74 bits per heavy atom. The molecule has 0 fully saturated rings. The summed E-state index contributed by atoms with van der Waals surface area (Å²) in [5.74, 6) is -1.98. The number of esters is 1. The van der Waals surface area contributed by atoms with E-state index >= 15 is 0 Å². The number of aliphatic imine (C=N–C) groups is 1. The number of ketones is 1. The van der Waals surface area contributed by atoms with Crippen LogP contribution in [0, 0.1) is 5.92 Å². The van der Waals surface area contributed by atoms with Gasteiger partial charge in [0.05, 0.1) is 7.11 Å². The molecule has 23 heavy (non-hydrogen) atoms. The van der Waals surface area contributed by atoms with Gasteiger partial charge in [0.25, 0.3) is 0 Å². The molecule has 116 valence electrons. The zero-order valence-electron chi connectivity index (χ0n) is 12.7. The average Bonchev–Trinajstić information content (AvgIpc) is 2.83. The minimum atomic E-state index is -0.997. The second kappa shape index (κ2) is 5.68. The van der Waals surface area contributed by atoms with Crippen LogP contribution in [0.4, 0.5) is 0 Å². The van der Waals surface area contributed by atoms with E-state index in [4.69, 9.17) is 0 Å². The Kier molecular flexibility index (Phi) is 3.70. The van der Waals surface area contributed by atoms with Gasteiger partial charge in [-0.25, -0.2) is 0 Å². The Bertz CT molecular complexity index is 880. The van der Waals surface area contributed by atoms with Crippen LogP contribution in [0.15, 0.2) is 47.1 Å². The molecule has 2 aromatic carbocycles. The fraction of sp³-hybridized carbons (Fsp3) is 0.167. The molecule has 1 aliphatic rings. The van der Waals surface area contributed by atoms with Crippen LogP contribution in [0.1, 0.15) is 12.5 Å². The number of benzene rings is 2. The van der Waals surface area contributed by atoms with Crippen LogP contribution in [-0.4, -0.2) is 29.7 Å². The van der Waals surface area contributed by atoms with E-state index in [1.807, 2.05) is 24.3 Å². The molecule has 0 bridgehead atoms. The molecule has 1 aliphatic heterocycles. The van der Waals surface area contributed by atoms with Gasteiger partial charge in [-0.05, 0) is 29.8 Å². The number of ether oxygens (including phenoxy) is 1. The summed E-state index contributed by atoms with van der Waals surface area (Å²) in [6.45, 7) is 1.61. The van der Waals surface area contributed by atoms with Gasteiger partial charge in [-0.1, -0.05) is 30.3 Å². The molecule has 0 aromatic heterocycles. The number of phenolic OH excluding ortho intramolecular Hbond substituents is 1. The van der Waals surface area contributed by atoms with Crippen molar-refractivity contribution >= 4 is 34.3 Å². The number of aromatic hydroxyl groups is 1. The number of carbonyl (C=O) groups excluding carboxylic acids is 2. The maximum atomic E-state index is 12.4. The Morgan fingerprint density at radius 2 is 2.00 bits per heavy atom. The highest BCUT2D eigenvalue weighted by Crippen LogP contribution is 2.31. The van der Waals surface area contributed by atoms with Crippen LogP contribution in [0.25, 0.3) is 16.8 Å². The maximum Gasteiger partial charge on any atom is 0.322 e.